The second kappa shape index (κ2) is 6.36. The summed E-state index contributed by atoms with van der Waals surface area (Å²) in [7, 11) is 0. The molecule has 1 atom stereocenters. The number of hydrogen-bond donors (Lipinski definition) is 1. The van der Waals surface area contributed by atoms with Crippen LogP contribution < -0.4 is 0 Å². The Morgan fingerprint density at radius 2 is 2.23 bits per heavy atom. The van der Waals surface area contributed by atoms with Crippen LogP contribution in [0, 0.1) is 5.92 Å². The first-order valence-corrected chi connectivity index (χ1v) is 8.85. The summed E-state index contributed by atoms with van der Waals surface area (Å²) in [5.41, 5.74) is 0.371. The van der Waals surface area contributed by atoms with Crippen molar-refractivity contribution in [2.45, 2.75) is 12.8 Å². The van der Waals surface area contributed by atoms with E-state index in [4.69, 9.17) is 16.7 Å². The third-order valence-electron chi connectivity index (χ3n) is 3.57. The first kappa shape index (κ1) is 15.5. The maximum atomic E-state index is 12.5. The molecule has 0 saturated carbocycles. The number of thiophene rings is 1. The van der Waals surface area contributed by atoms with Crippen molar-refractivity contribution >= 4 is 46.2 Å². The number of carboxylic acid groups (broad SMARTS) is 1. The highest BCUT2D eigenvalue weighted by Crippen LogP contribution is 2.33. The lowest BCUT2D eigenvalue weighted by molar-refractivity contribution is -0.143. The molecule has 22 heavy (non-hydrogen) atoms. The number of thiazole rings is 1. The fourth-order valence-corrected chi connectivity index (χ4v) is 4.35. The lowest BCUT2D eigenvalue weighted by atomic mass is 9.98. The van der Waals surface area contributed by atoms with Crippen LogP contribution in [0.3, 0.4) is 0 Å². The number of nitrogens with zero attached hydrogens (tertiary/aromatic N) is 2. The number of carbonyl (C=O) groups is 2. The molecular weight excluding hydrogens is 344 g/mol. The summed E-state index contributed by atoms with van der Waals surface area (Å²) in [6, 6.07) is 3.67. The van der Waals surface area contributed by atoms with Crippen LogP contribution in [0.4, 0.5) is 0 Å². The molecule has 1 amide bonds. The Kier molecular flexibility index (Phi) is 4.46. The molecule has 1 N–H and O–H groups in total. The van der Waals surface area contributed by atoms with Gasteiger partial charge in [-0.05, 0) is 25.0 Å². The van der Waals surface area contributed by atoms with E-state index in [1.54, 1.807) is 16.3 Å². The quantitative estimate of drug-likeness (QED) is 0.914. The first-order chi connectivity index (χ1) is 10.5. The minimum atomic E-state index is -0.843. The van der Waals surface area contributed by atoms with Crippen LogP contribution in [0.5, 0.6) is 0 Å². The molecule has 0 unspecified atom stereocenters. The lowest BCUT2D eigenvalue weighted by Crippen LogP contribution is -2.42. The Hall–Kier alpha value is -1.44. The molecule has 1 fully saturated rings. The summed E-state index contributed by atoms with van der Waals surface area (Å²) in [6.07, 6.45) is 1.33. The summed E-state index contributed by atoms with van der Waals surface area (Å²) < 4.78 is 0.679. The minimum Gasteiger partial charge on any atom is -0.481 e. The average Bonchev–Trinajstić information content (AvgIpc) is 3.15. The molecule has 1 aliphatic rings. The molecule has 3 rings (SSSR count). The van der Waals surface area contributed by atoms with Gasteiger partial charge in [-0.25, -0.2) is 4.98 Å². The molecule has 5 nitrogen and oxygen atoms in total. The first-order valence-electron chi connectivity index (χ1n) is 6.78. The van der Waals surface area contributed by atoms with Crippen molar-refractivity contribution in [3.8, 4) is 9.88 Å². The Morgan fingerprint density at radius 1 is 1.41 bits per heavy atom. The minimum absolute atomic E-state index is 0.198. The number of piperidine rings is 1. The van der Waals surface area contributed by atoms with Gasteiger partial charge in [0.25, 0.3) is 5.91 Å². The number of hydrogen-bond acceptors (Lipinski definition) is 5. The highest BCUT2D eigenvalue weighted by molar-refractivity contribution is 7.23. The van der Waals surface area contributed by atoms with Crippen molar-refractivity contribution in [2.75, 3.05) is 13.1 Å². The number of aliphatic carboxylic acids is 1. The predicted molar refractivity (Wildman–Crippen MR) is 86.7 cm³/mol. The van der Waals surface area contributed by atoms with Crippen molar-refractivity contribution in [3.05, 3.63) is 27.5 Å². The van der Waals surface area contributed by atoms with Crippen molar-refractivity contribution in [1.29, 1.82) is 0 Å². The molecule has 2 aromatic heterocycles. The van der Waals surface area contributed by atoms with E-state index in [-0.39, 0.29) is 12.5 Å². The summed E-state index contributed by atoms with van der Waals surface area (Å²) in [5.74, 6) is -1.52. The molecule has 1 saturated heterocycles. The number of carbonyl (C=O) groups excluding carboxylic acids is 1. The number of amides is 1. The summed E-state index contributed by atoms with van der Waals surface area (Å²) in [5, 5.41) is 11.6. The molecule has 0 bridgehead atoms. The van der Waals surface area contributed by atoms with Crippen LogP contribution in [-0.2, 0) is 4.79 Å². The molecule has 1 aliphatic heterocycles. The number of rotatable bonds is 3. The van der Waals surface area contributed by atoms with Crippen LogP contribution in [0.2, 0.25) is 4.34 Å². The van der Waals surface area contributed by atoms with E-state index < -0.39 is 11.9 Å². The Labute approximate surface area is 140 Å². The van der Waals surface area contributed by atoms with E-state index in [0.717, 1.165) is 9.88 Å². The molecule has 8 heteroatoms. The van der Waals surface area contributed by atoms with Gasteiger partial charge >= 0.3 is 5.97 Å². The van der Waals surface area contributed by atoms with E-state index in [0.29, 0.717) is 29.4 Å². The fraction of sp³-hybridized carbons (Fsp3) is 0.357. The van der Waals surface area contributed by atoms with Gasteiger partial charge in [-0.1, -0.05) is 11.6 Å². The van der Waals surface area contributed by atoms with E-state index in [1.165, 1.54) is 22.7 Å². The Bertz CT molecular complexity index is 713. The highest BCUT2D eigenvalue weighted by Gasteiger charge is 2.29. The second-order valence-corrected chi connectivity index (χ2v) is 7.64. The normalized spacial score (nSPS) is 18.4. The maximum absolute atomic E-state index is 12.5. The van der Waals surface area contributed by atoms with Gasteiger partial charge in [-0.2, -0.15) is 0 Å². The smallest absolute Gasteiger partial charge is 0.308 e. The number of halogens is 1. The second-order valence-electron chi connectivity index (χ2n) is 5.07. The van der Waals surface area contributed by atoms with Crippen LogP contribution in [-0.4, -0.2) is 40.0 Å². The third-order valence-corrected chi connectivity index (χ3v) is 5.81. The van der Waals surface area contributed by atoms with E-state index in [1.807, 2.05) is 6.07 Å². The molecule has 0 aromatic carbocycles. The lowest BCUT2D eigenvalue weighted by Gasteiger charge is -2.30. The molecule has 2 aromatic rings. The number of likely N-dealkylation sites (tertiary alicyclic amines) is 1. The number of carboxylic acids is 1. The van der Waals surface area contributed by atoms with Crippen LogP contribution >= 0.6 is 34.3 Å². The summed E-state index contributed by atoms with van der Waals surface area (Å²) in [4.78, 5) is 30.4. The Balaban J connectivity index is 1.75. The van der Waals surface area contributed by atoms with Gasteiger partial charge in [-0.15, -0.1) is 22.7 Å². The zero-order valence-electron chi connectivity index (χ0n) is 11.5. The van der Waals surface area contributed by atoms with Gasteiger partial charge in [0.05, 0.1) is 15.1 Å². The fourth-order valence-electron chi connectivity index (χ4n) is 2.44. The van der Waals surface area contributed by atoms with Crippen LogP contribution in [0.1, 0.15) is 23.3 Å². The van der Waals surface area contributed by atoms with Crippen molar-refractivity contribution < 1.29 is 14.7 Å². The van der Waals surface area contributed by atoms with Gasteiger partial charge in [0.15, 0.2) is 0 Å². The van der Waals surface area contributed by atoms with E-state index in [2.05, 4.69) is 4.98 Å². The maximum Gasteiger partial charge on any atom is 0.308 e. The molecule has 3 heterocycles. The molecule has 0 radical (unpaired) electrons. The van der Waals surface area contributed by atoms with E-state index in [9.17, 15) is 9.59 Å². The predicted octanol–water partition coefficient (Wildman–Crippen LogP) is 3.46. The number of aromatic nitrogens is 1. The average molecular weight is 357 g/mol. The zero-order chi connectivity index (χ0) is 15.7. The van der Waals surface area contributed by atoms with Gasteiger partial charge in [0.2, 0.25) is 0 Å². The van der Waals surface area contributed by atoms with Crippen molar-refractivity contribution in [2.24, 2.45) is 5.92 Å². The van der Waals surface area contributed by atoms with Crippen LogP contribution in [0.15, 0.2) is 17.5 Å². The van der Waals surface area contributed by atoms with Crippen molar-refractivity contribution in [3.63, 3.8) is 0 Å². The third kappa shape index (κ3) is 3.16. The zero-order valence-corrected chi connectivity index (χ0v) is 13.9. The standard InChI is InChI=1S/C14H13ClN2O3S2/c15-11-4-3-10(22-11)12-16-9(7-21-12)13(18)17-5-1-2-8(6-17)14(19)20/h3-4,7-8H,1-2,5-6H2,(H,19,20)/t8-/m1/s1. The van der Waals surface area contributed by atoms with Gasteiger partial charge in [-0.3, -0.25) is 9.59 Å². The SMILES string of the molecule is O=C(O)[C@@H]1CCCN(C(=O)c2csc(-c3ccc(Cl)s3)n2)C1. The van der Waals surface area contributed by atoms with Gasteiger partial charge in [0, 0.05) is 18.5 Å². The van der Waals surface area contributed by atoms with Gasteiger partial charge in [0.1, 0.15) is 10.7 Å². The molecule has 116 valence electrons. The van der Waals surface area contributed by atoms with Gasteiger partial charge < -0.3 is 10.0 Å². The topological polar surface area (TPSA) is 70.5 Å². The van der Waals surface area contributed by atoms with E-state index >= 15 is 0 Å². The summed E-state index contributed by atoms with van der Waals surface area (Å²) >= 11 is 8.72. The van der Waals surface area contributed by atoms with Crippen LogP contribution in [0.25, 0.3) is 9.88 Å². The molecule has 0 spiro atoms. The molecular formula is C14H13ClN2O3S2. The molecule has 0 aliphatic carbocycles. The van der Waals surface area contributed by atoms with Crippen molar-refractivity contribution in [1.82, 2.24) is 9.88 Å². The largest absolute Gasteiger partial charge is 0.481 e. The highest BCUT2D eigenvalue weighted by atomic mass is 35.5. The summed E-state index contributed by atoms with van der Waals surface area (Å²) in [6.45, 7) is 0.839. The monoisotopic (exact) mass is 356 g/mol. The Morgan fingerprint density at radius 3 is 2.91 bits per heavy atom.